The van der Waals surface area contributed by atoms with E-state index in [9.17, 15) is 14.8 Å². The molecule has 0 aromatic heterocycles. The Morgan fingerprint density at radius 3 is 2.85 bits per heavy atom. The van der Waals surface area contributed by atoms with Crippen molar-refractivity contribution in [2.24, 2.45) is 16.7 Å². The van der Waals surface area contributed by atoms with Crippen molar-refractivity contribution in [3.05, 3.63) is 29.3 Å². The molecule has 0 radical (unpaired) electrons. The van der Waals surface area contributed by atoms with Crippen LogP contribution >= 0.6 is 0 Å². The molecule has 3 aliphatic carbocycles. The number of benzene rings is 1. The predicted molar refractivity (Wildman–Crippen MR) is 94.0 cm³/mol. The van der Waals surface area contributed by atoms with Gasteiger partial charge < -0.3 is 4.74 Å². The van der Waals surface area contributed by atoms with Gasteiger partial charge in [-0.3, -0.25) is 14.8 Å². The monoisotopic (exact) mass is 355 g/mol. The average Bonchev–Trinajstić information content (AvgIpc) is 3.03. The van der Waals surface area contributed by atoms with Gasteiger partial charge in [-0.25, -0.2) is 5.06 Å². The molecule has 4 aliphatic rings. The Morgan fingerprint density at radius 1 is 1.27 bits per heavy atom. The third-order valence-corrected chi connectivity index (χ3v) is 8.19. The summed E-state index contributed by atoms with van der Waals surface area (Å²) in [6.07, 6.45) is 4.29. The molecule has 1 aliphatic heterocycles. The summed E-state index contributed by atoms with van der Waals surface area (Å²) in [7, 11) is 1.69. The van der Waals surface area contributed by atoms with Gasteiger partial charge in [0.25, 0.3) is 0 Å². The molecular weight excluding hydrogens is 330 g/mol. The molecule has 5 heteroatoms. The molecule has 0 bridgehead atoms. The van der Waals surface area contributed by atoms with Crippen LogP contribution in [0.15, 0.2) is 18.2 Å². The van der Waals surface area contributed by atoms with Crippen molar-refractivity contribution < 1.29 is 19.5 Å². The minimum Gasteiger partial charge on any atom is -0.497 e. The van der Waals surface area contributed by atoms with Crippen LogP contribution in [0.4, 0.5) is 0 Å². The van der Waals surface area contributed by atoms with Crippen LogP contribution in [0.25, 0.3) is 0 Å². The van der Waals surface area contributed by atoms with Crippen molar-refractivity contribution in [3.63, 3.8) is 0 Å². The van der Waals surface area contributed by atoms with Crippen molar-refractivity contribution >= 4 is 11.7 Å². The summed E-state index contributed by atoms with van der Waals surface area (Å²) >= 11 is 0. The Bertz CT molecular complexity index is 820. The lowest BCUT2D eigenvalue weighted by atomic mass is 9.46. The Kier molecular flexibility index (Phi) is 3.20. The Morgan fingerprint density at radius 2 is 2.08 bits per heavy atom. The average molecular weight is 355 g/mol. The molecule has 1 N–H and O–H groups in total. The molecule has 0 unspecified atom stereocenters. The first-order valence-corrected chi connectivity index (χ1v) is 9.63. The van der Waals surface area contributed by atoms with Gasteiger partial charge in [0.05, 0.1) is 13.2 Å². The summed E-state index contributed by atoms with van der Waals surface area (Å²) in [6, 6.07) is 5.97. The van der Waals surface area contributed by atoms with Gasteiger partial charge in [0.15, 0.2) is 0 Å². The van der Waals surface area contributed by atoms with Crippen molar-refractivity contribution in [1.82, 2.24) is 5.06 Å². The number of carbonyl (C=O) groups is 2. The Hall–Kier alpha value is -1.88. The zero-order valence-corrected chi connectivity index (χ0v) is 15.3. The minimum atomic E-state index is -0.490. The van der Waals surface area contributed by atoms with E-state index in [0.29, 0.717) is 18.8 Å². The number of carbonyl (C=O) groups excluding carboxylic acids is 2. The van der Waals surface area contributed by atoms with Gasteiger partial charge in [-0.2, -0.15) is 0 Å². The molecule has 1 aromatic carbocycles. The van der Waals surface area contributed by atoms with Crippen LogP contribution in [-0.2, 0) is 16.0 Å². The molecule has 5 rings (SSSR count). The normalized spacial score (nSPS) is 40.7. The summed E-state index contributed by atoms with van der Waals surface area (Å²) in [5.41, 5.74) is 1.77. The van der Waals surface area contributed by atoms with Crippen LogP contribution in [0.1, 0.15) is 56.1 Å². The van der Waals surface area contributed by atoms with Crippen molar-refractivity contribution in [1.29, 1.82) is 0 Å². The van der Waals surface area contributed by atoms with Crippen LogP contribution < -0.4 is 4.74 Å². The van der Waals surface area contributed by atoms with Gasteiger partial charge in [0.1, 0.15) is 11.5 Å². The van der Waals surface area contributed by atoms with Crippen molar-refractivity contribution in [2.75, 3.05) is 7.11 Å². The van der Waals surface area contributed by atoms with Gasteiger partial charge in [-0.05, 0) is 60.8 Å². The zero-order chi connectivity index (χ0) is 18.3. The van der Waals surface area contributed by atoms with E-state index >= 15 is 0 Å². The van der Waals surface area contributed by atoms with E-state index in [1.807, 2.05) is 6.07 Å². The van der Waals surface area contributed by atoms with Crippen molar-refractivity contribution in [3.8, 4) is 5.75 Å². The number of hydrogen-bond donors (Lipinski definition) is 1. The number of nitrogens with zero attached hydrogens (tertiary/aromatic N) is 1. The largest absolute Gasteiger partial charge is 0.497 e. The molecule has 1 heterocycles. The van der Waals surface area contributed by atoms with Crippen LogP contribution in [0.5, 0.6) is 5.75 Å². The highest BCUT2D eigenvalue weighted by molar-refractivity contribution is 5.94. The van der Waals surface area contributed by atoms with E-state index in [0.717, 1.165) is 36.5 Å². The molecule has 26 heavy (non-hydrogen) atoms. The Labute approximate surface area is 153 Å². The zero-order valence-electron chi connectivity index (χ0n) is 15.3. The molecule has 1 spiro atoms. The number of hydroxylamine groups is 2. The highest BCUT2D eigenvalue weighted by Gasteiger charge is 2.73. The third kappa shape index (κ3) is 1.70. The van der Waals surface area contributed by atoms with E-state index in [1.54, 1.807) is 7.11 Å². The first-order chi connectivity index (χ1) is 12.4. The lowest BCUT2D eigenvalue weighted by Crippen LogP contribution is -2.54. The molecule has 5 nitrogen and oxygen atoms in total. The molecule has 2 saturated carbocycles. The molecule has 138 valence electrons. The number of ketones is 1. The van der Waals surface area contributed by atoms with E-state index in [2.05, 4.69) is 19.1 Å². The van der Waals surface area contributed by atoms with Gasteiger partial charge in [0, 0.05) is 23.7 Å². The highest BCUT2D eigenvalue weighted by Crippen LogP contribution is 2.70. The maximum absolute atomic E-state index is 12.9. The quantitative estimate of drug-likeness (QED) is 0.786. The minimum absolute atomic E-state index is 0.213. The molecule has 3 fully saturated rings. The van der Waals surface area contributed by atoms with Gasteiger partial charge in [-0.15, -0.1) is 0 Å². The van der Waals surface area contributed by atoms with Crippen molar-refractivity contribution in [2.45, 2.75) is 57.4 Å². The number of hydrogen-bond acceptors (Lipinski definition) is 4. The molecule has 1 amide bonds. The van der Waals surface area contributed by atoms with Gasteiger partial charge in [-0.1, -0.05) is 13.0 Å². The predicted octanol–water partition coefficient (Wildman–Crippen LogP) is 3.09. The number of methoxy groups -OCH3 is 1. The second kappa shape index (κ2) is 5.10. The van der Waals surface area contributed by atoms with Gasteiger partial charge >= 0.3 is 0 Å². The summed E-state index contributed by atoms with van der Waals surface area (Å²) in [6.45, 7) is 2.06. The summed E-state index contributed by atoms with van der Waals surface area (Å²) < 4.78 is 5.38. The van der Waals surface area contributed by atoms with Crippen LogP contribution in [-0.4, -0.2) is 35.1 Å². The fourth-order valence-electron chi connectivity index (χ4n) is 6.93. The van der Waals surface area contributed by atoms with E-state index in [4.69, 9.17) is 4.74 Å². The van der Waals surface area contributed by atoms with Crippen LogP contribution in [0.2, 0.25) is 0 Å². The van der Waals surface area contributed by atoms with E-state index in [-0.39, 0.29) is 23.7 Å². The number of amides is 1. The summed E-state index contributed by atoms with van der Waals surface area (Å²) in [5.74, 6) is 1.51. The first kappa shape index (κ1) is 16.3. The summed E-state index contributed by atoms with van der Waals surface area (Å²) in [4.78, 5) is 25.4. The fraction of sp³-hybridized carbons (Fsp3) is 0.619. The van der Waals surface area contributed by atoms with Crippen LogP contribution in [0.3, 0.4) is 0 Å². The maximum Gasteiger partial charge on any atom is 0.246 e. The number of aryl methyl sites for hydroxylation is 1. The number of ether oxygens (including phenoxy) is 1. The first-order valence-electron chi connectivity index (χ1n) is 9.63. The standard InChI is InChI=1S/C21H25NO4/c1-20-8-7-15-14-5-4-13(26-2)9-12(14)3-6-16(15)21(20)11-19(24)22(25)17(21)10-18(20)23/h4-5,9,15-17,25H,3,6-8,10-11H2,1-2H3/t15-,16-,17-,20-,21+/m1/s1. The highest BCUT2D eigenvalue weighted by atomic mass is 16.5. The Balaban J connectivity index is 1.64. The maximum atomic E-state index is 12.9. The fourth-order valence-corrected chi connectivity index (χ4v) is 6.93. The molecule has 5 atom stereocenters. The third-order valence-electron chi connectivity index (χ3n) is 8.19. The summed E-state index contributed by atoms with van der Waals surface area (Å²) in [5, 5.41) is 11.3. The van der Waals surface area contributed by atoms with Gasteiger partial charge in [0.2, 0.25) is 5.91 Å². The second-order valence-corrected chi connectivity index (χ2v) is 8.79. The molecule has 1 saturated heterocycles. The molecular formula is C21H25NO4. The number of fused-ring (bicyclic) bond motifs is 3. The molecule has 1 aromatic rings. The lowest BCUT2D eigenvalue weighted by molar-refractivity contribution is -0.170. The van der Waals surface area contributed by atoms with Crippen LogP contribution in [0, 0.1) is 16.7 Å². The topological polar surface area (TPSA) is 66.8 Å². The lowest BCUT2D eigenvalue weighted by Gasteiger charge is -2.56. The number of Topliss-reactive ketones (excluding diaryl/α,β-unsaturated/α-hetero) is 1. The van der Waals surface area contributed by atoms with E-state index < -0.39 is 10.8 Å². The second-order valence-electron chi connectivity index (χ2n) is 8.79. The smallest absolute Gasteiger partial charge is 0.246 e. The SMILES string of the molecule is COc1ccc2c(c1)CC[C@@H]1[C@@H]2CC[C@]2(C)C(=O)C[C@H]3N(O)C(=O)C[C@]132. The van der Waals surface area contributed by atoms with E-state index in [1.165, 1.54) is 11.1 Å². The number of rotatable bonds is 1.